The number of hydrogen-bond acceptors (Lipinski definition) is 4. The summed E-state index contributed by atoms with van der Waals surface area (Å²) in [4.78, 5) is 4.94. The Morgan fingerprint density at radius 2 is 2.03 bits per heavy atom. The van der Waals surface area contributed by atoms with Crippen LogP contribution in [0.5, 0.6) is 5.75 Å². The van der Waals surface area contributed by atoms with E-state index in [2.05, 4.69) is 33.2 Å². The van der Waals surface area contributed by atoms with Crippen LogP contribution in [0.1, 0.15) is 91.0 Å². The lowest BCUT2D eigenvalue weighted by molar-refractivity contribution is 0.289. The third-order valence-electron chi connectivity index (χ3n) is 5.79. The standard InChI is InChI=1S/C25H40N2O2/c1-5-6-12-24(21-10-8-7-9-11-21)26-18-20(4)23-14-13-22(17-25(23)27-28)29-16-15-19(2)3/h13-14,17-19,21,27-28H,5-12,15-16H2,1-4H3/b20-18+,26-24?. The third-order valence-corrected chi connectivity index (χ3v) is 5.79. The molecule has 0 unspecified atom stereocenters. The van der Waals surface area contributed by atoms with E-state index in [0.717, 1.165) is 29.7 Å². The molecule has 2 rings (SSSR count). The average molecular weight is 401 g/mol. The van der Waals surface area contributed by atoms with E-state index >= 15 is 0 Å². The molecule has 0 saturated heterocycles. The van der Waals surface area contributed by atoms with E-state index in [4.69, 9.17) is 9.73 Å². The Balaban J connectivity index is 2.15. The van der Waals surface area contributed by atoms with Gasteiger partial charge in [-0.25, -0.2) is 0 Å². The molecule has 4 heteroatoms. The first-order valence-electron chi connectivity index (χ1n) is 11.5. The van der Waals surface area contributed by atoms with E-state index in [1.165, 1.54) is 50.7 Å². The molecule has 0 heterocycles. The molecule has 0 radical (unpaired) electrons. The highest BCUT2D eigenvalue weighted by atomic mass is 16.5. The zero-order valence-corrected chi connectivity index (χ0v) is 18.8. The molecule has 1 fully saturated rings. The molecule has 1 aliphatic carbocycles. The molecule has 1 aliphatic rings. The SMILES string of the molecule is CCCCC(=N/C=C(\C)c1ccc(OCCC(C)C)cc1NO)C1CCCCC1. The van der Waals surface area contributed by atoms with E-state index in [0.29, 0.717) is 24.1 Å². The zero-order chi connectivity index (χ0) is 21.1. The molecule has 1 aromatic carbocycles. The average Bonchev–Trinajstić information content (AvgIpc) is 2.73. The summed E-state index contributed by atoms with van der Waals surface area (Å²) in [6.45, 7) is 9.35. The van der Waals surface area contributed by atoms with Gasteiger partial charge in [-0.1, -0.05) is 46.5 Å². The number of benzene rings is 1. The highest BCUT2D eigenvalue weighted by molar-refractivity contribution is 5.88. The first-order valence-corrected chi connectivity index (χ1v) is 11.5. The van der Waals surface area contributed by atoms with Gasteiger partial charge in [0.1, 0.15) is 5.75 Å². The van der Waals surface area contributed by atoms with Crippen LogP contribution in [0.4, 0.5) is 5.69 Å². The largest absolute Gasteiger partial charge is 0.494 e. The van der Waals surface area contributed by atoms with Gasteiger partial charge in [0, 0.05) is 23.5 Å². The van der Waals surface area contributed by atoms with Crippen molar-refractivity contribution in [2.45, 2.75) is 85.5 Å². The van der Waals surface area contributed by atoms with Crippen molar-refractivity contribution in [3.63, 3.8) is 0 Å². The molecule has 29 heavy (non-hydrogen) atoms. The predicted molar refractivity (Wildman–Crippen MR) is 124 cm³/mol. The molecule has 162 valence electrons. The Morgan fingerprint density at radius 3 is 2.69 bits per heavy atom. The van der Waals surface area contributed by atoms with Crippen molar-refractivity contribution in [2.75, 3.05) is 12.1 Å². The summed E-state index contributed by atoms with van der Waals surface area (Å²) in [5, 5.41) is 9.63. The first-order chi connectivity index (χ1) is 14.0. The zero-order valence-electron chi connectivity index (χ0n) is 18.8. The van der Waals surface area contributed by atoms with E-state index < -0.39 is 0 Å². The molecule has 0 amide bonds. The van der Waals surface area contributed by atoms with Crippen LogP contribution in [-0.4, -0.2) is 17.5 Å². The Hall–Kier alpha value is -1.81. The lowest BCUT2D eigenvalue weighted by atomic mass is 9.84. The number of hydrogen-bond donors (Lipinski definition) is 2. The fourth-order valence-electron chi connectivity index (χ4n) is 3.88. The van der Waals surface area contributed by atoms with Gasteiger partial charge in [0.15, 0.2) is 0 Å². The minimum atomic E-state index is 0.610. The van der Waals surface area contributed by atoms with Crippen LogP contribution in [0, 0.1) is 11.8 Å². The van der Waals surface area contributed by atoms with Gasteiger partial charge >= 0.3 is 0 Å². The Morgan fingerprint density at radius 1 is 1.28 bits per heavy atom. The van der Waals surface area contributed by atoms with E-state index in [9.17, 15) is 5.21 Å². The fourth-order valence-corrected chi connectivity index (χ4v) is 3.88. The summed E-state index contributed by atoms with van der Waals surface area (Å²) < 4.78 is 5.82. The van der Waals surface area contributed by atoms with Crippen LogP contribution < -0.4 is 10.2 Å². The van der Waals surface area contributed by atoms with Gasteiger partial charge in [0.2, 0.25) is 0 Å². The van der Waals surface area contributed by atoms with Gasteiger partial charge in [-0.3, -0.25) is 15.7 Å². The van der Waals surface area contributed by atoms with E-state index in [1.807, 2.05) is 24.4 Å². The molecular formula is C25H40N2O2. The number of rotatable bonds is 11. The van der Waals surface area contributed by atoms with E-state index in [-0.39, 0.29) is 0 Å². The molecule has 2 N–H and O–H groups in total. The number of aliphatic imine (C=N–C) groups is 1. The minimum absolute atomic E-state index is 0.610. The lowest BCUT2D eigenvalue weighted by Gasteiger charge is -2.23. The van der Waals surface area contributed by atoms with Gasteiger partial charge in [0.25, 0.3) is 0 Å². The van der Waals surface area contributed by atoms with Crippen LogP contribution in [0.25, 0.3) is 5.57 Å². The van der Waals surface area contributed by atoms with Gasteiger partial charge in [0.05, 0.1) is 12.3 Å². The van der Waals surface area contributed by atoms with Crippen molar-refractivity contribution < 1.29 is 9.94 Å². The predicted octanol–water partition coefficient (Wildman–Crippen LogP) is 7.48. The second kappa shape index (κ2) is 12.7. The minimum Gasteiger partial charge on any atom is -0.494 e. The topological polar surface area (TPSA) is 53.8 Å². The second-order valence-electron chi connectivity index (χ2n) is 8.72. The van der Waals surface area contributed by atoms with Crippen LogP contribution >= 0.6 is 0 Å². The first kappa shape index (κ1) is 23.5. The van der Waals surface area contributed by atoms with Gasteiger partial charge in [-0.2, -0.15) is 0 Å². The van der Waals surface area contributed by atoms with Crippen molar-refractivity contribution in [1.82, 2.24) is 0 Å². The molecular weight excluding hydrogens is 360 g/mol. The van der Waals surface area contributed by atoms with Crippen molar-refractivity contribution in [3.8, 4) is 5.75 Å². The molecule has 0 aliphatic heterocycles. The van der Waals surface area contributed by atoms with Crippen molar-refractivity contribution in [3.05, 3.63) is 30.0 Å². The molecule has 1 aromatic rings. The summed E-state index contributed by atoms with van der Waals surface area (Å²) in [7, 11) is 0. The fraction of sp³-hybridized carbons (Fsp3) is 0.640. The summed E-state index contributed by atoms with van der Waals surface area (Å²) in [6.07, 6.45) is 13.1. The van der Waals surface area contributed by atoms with Crippen LogP contribution in [0.3, 0.4) is 0 Å². The van der Waals surface area contributed by atoms with Crippen LogP contribution in [0.2, 0.25) is 0 Å². The number of ether oxygens (including phenoxy) is 1. The molecule has 4 nitrogen and oxygen atoms in total. The molecule has 0 atom stereocenters. The van der Waals surface area contributed by atoms with Crippen LogP contribution in [0.15, 0.2) is 29.4 Å². The normalized spacial score (nSPS) is 16.3. The number of nitrogens with zero attached hydrogens (tertiary/aromatic N) is 1. The number of allylic oxidation sites excluding steroid dienone is 1. The number of anilines is 1. The summed E-state index contributed by atoms with van der Waals surface area (Å²) in [5.74, 6) is 2.03. The van der Waals surface area contributed by atoms with Crippen molar-refractivity contribution in [2.24, 2.45) is 16.8 Å². The summed E-state index contributed by atoms with van der Waals surface area (Å²) in [5.41, 5.74) is 6.34. The monoisotopic (exact) mass is 400 g/mol. The highest BCUT2D eigenvalue weighted by Crippen LogP contribution is 2.30. The molecule has 1 saturated carbocycles. The van der Waals surface area contributed by atoms with E-state index in [1.54, 1.807) is 0 Å². The Bertz CT molecular complexity index is 673. The highest BCUT2D eigenvalue weighted by Gasteiger charge is 2.18. The van der Waals surface area contributed by atoms with Crippen molar-refractivity contribution in [1.29, 1.82) is 0 Å². The molecule has 0 bridgehead atoms. The number of nitrogens with one attached hydrogen (secondary N) is 1. The summed E-state index contributed by atoms with van der Waals surface area (Å²) in [6, 6.07) is 5.82. The van der Waals surface area contributed by atoms with Crippen molar-refractivity contribution >= 4 is 17.0 Å². The smallest absolute Gasteiger partial charge is 0.121 e. The third kappa shape index (κ3) is 7.85. The number of unbranched alkanes of at least 4 members (excludes halogenated alkanes) is 1. The quantitative estimate of drug-likeness (QED) is 0.299. The molecule has 0 aromatic heterocycles. The lowest BCUT2D eigenvalue weighted by Crippen LogP contribution is -2.17. The Labute approximate surface area is 177 Å². The molecule has 0 spiro atoms. The maximum atomic E-state index is 9.63. The summed E-state index contributed by atoms with van der Waals surface area (Å²) >= 11 is 0. The van der Waals surface area contributed by atoms with Gasteiger partial charge in [-0.05, 0) is 68.6 Å². The maximum absolute atomic E-state index is 9.63. The Kier molecular flexibility index (Phi) is 10.3. The van der Waals surface area contributed by atoms with Gasteiger partial charge in [-0.15, -0.1) is 0 Å². The van der Waals surface area contributed by atoms with Gasteiger partial charge < -0.3 is 4.74 Å². The second-order valence-corrected chi connectivity index (χ2v) is 8.72. The van der Waals surface area contributed by atoms with Crippen LogP contribution in [-0.2, 0) is 0 Å². The maximum Gasteiger partial charge on any atom is 0.121 e.